The molecule has 0 spiro atoms. The van der Waals surface area contributed by atoms with Gasteiger partial charge in [-0.25, -0.2) is 8.78 Å². The molecule has 2 amide bonds. The maximum Gasteiger partial charge on any atom is 0.416 e. The first-order chi connectivity index (χ1) is 64.7. The molecule has 0 radical (unpaired) electrons. The number of hydrogen-bond acceptors (Lipinski definition) is 10. The van der Waals surface area contributed by atoms with Crippen molar-refractivity contribution in [1.29, 1.82) is 0 Å². The van der Waals surface area contributed by atoms with Crippen LogP contribution in [0.3, 0.4) is 0 Å². The zero-order valence-electron chi connectivity index (χ0n) is 98.5. The quantitative estimate of drug-likeness (QED) is 0.0295. The predicted octanol–water partition coefficient (Wildman–Crippen LogP) is 15.1. The van der Waals surface area contributed by atoms with E-state index in [1.165, 1.54) is 0 Å². The lowest BCUT2D eigenvalue weighted by atomic mass is 9.98. The van der Waals surface area contributed by atoms with E-state index >= 15 is 9.59 Å². The highest BCUT2D eigenvalue weighted by atomic mass is 32.2. The van der Waals surface area contributed by atoms with Crippen LogP contribution >= 0.6 is 23.5 Å². The van der Waals surface area contributed by atoms with E-state index in [1.807, 2.05) is 0 Å². The first-order valence-electron chi connectivity index (χ1n) is 51.5. The van der Waals surface area contributed by atoms with E-state index in [1.54, 1.807) is 0 Å². The van der Waals surface area contributed by atoms with Crippen LogP contribution in [0.15, 0.2) is 153 Å². The van der Waals surface area contributed by atoms with E-state index in [0.29, 0.717) is 50.9 Å². The lowest BCUT2D eigenvalue weighted by Gasteiger charge is -2.28. The molecule has 2 aliphatic rings. The summed E-state index contributed by atoms with van der Waals surface area (Å²) in [4.78, 5) is 63.4. The largest absolute Gasteiger partial charge is 0.416 e. The van der Waals surface area contributed by atoms with Crippen LogP contribution in [0.4, 0.5) is 35.1 Å². The van der Waals surface area contributed by atoms with Crippen LogP contribution in [-0.2, 0) is 85.1 Å². The van der Waals surface area contributed by atoms with Crippen molar-refractivity contribution < 1.29 is 111 Å². The molecule has 0 N–H and O–H groups in total. The minimum absolute atomic E-state index is 0.0404. The Morgan fingerprint density at radius 1 is 0.521 bits per heavy atom. The van der Waals surface area contributed by atoms with Crippen molar-refractivity contribution in [3.63, 3.8) is 0 Å². The predicted molar refractivity (Wildman–Crippen MR) is 363 cm³/mol. The van der Waals surface area contributed by atoms with Crippen molar-refractivity contribution >= 4 is 35.3 Å². The zero-order chi connectivity index (χ0) is 111. The molecule has 0 saturated heterocycles. The Morgan fingerprint density at radius 3 is 1.31 bits per heavy atom. The SMILES string of the molecule is [2H]c1c([2H])c(CSc2nc(=O)c3c(n2C([2H])([2H])C(=O)N(Cc2c([2H])c([2H])c(-c4c([2H])c([2H])c(C(F)(F)F)c(C)c4[2H])c([2H])c2[2H])C([2H])([2H])C([2H])([2H])N(C([2H])([2H])C)C([2H])([2H])C)C([2H])([2H])C([2H])([2H])C3([2H])[2H])c([2H])c([2H])c1F.[2H]c1c([2H])c(CSc2nc(=O)c3c(n2C([2H])([2H])C(=O)N(Cc2c([2H])c([2H])c(-c4c([2H])c([2H])c(C(F)(F)F)c(C)c4[2H])c([2H])c2[2H])C([2H])([2H])C([2H])([2H])N(C([2H])([2H])C)C([2H])([2H])C)CCC3)c([2H])c([2H])c1F. The molecule has 12 nitrogen and oxygen atoms in total. The number of hydrogen-bond donors (Lipinski definition) is 0. The van der Waals surface area contributed by atoms with Crippen molar-refractivity contribution in [3.8, 4) is 22.3 Å². The van der Waals surface area contributed by atoms with E-state index in [4.69, 9.17) is 54.8 Å². The smallest absolute Gasteiger partial charge is 0.336 e. The third-order valence-corrected chi connectivity index (χ3v) is 14.9. The van der Waals surface area contributed by atoms with Gasteiger partial charge in [0.2, 0.25) is 11.8 Å². The number of halogens is 8. The second-order valence-electron chi connectivity index (χ2n) is 19.3. The number of carbonyl (C=O) groups excluding carboxylic acids is 2. The molecule has 8 aromatic rings. The lowest BCUT2D eigenvalue weighted by Crippen LogP contribution is -2.40. The molecular weight excluding hydrogens is 1280 g/mol. The molecule has 2 heterocycles. The fraction of sp³-hybridized carbons (Fsp3) is 0.378. The summed E-state index contributed by atoms with van der Waals surface area (Å²) in [6.07, 6.45) is -22.3. The topological polar surface area (TPSA) is 117 Å². The maximum absolute atomic E-state index is 15.4. The summed E-state index contributed by atoms with van der Waals surface area (Å²) in [5.41, 5.74) is -19.5. The van der Waals surface area contributed by atoms with Gasteiger partial charge in [-0.1, -0.05) is 148 Å². The van der Waals surface area contributed by atoms with Crippen molar-refractivity contribution in [2.75, 3.05) is 52.0 Å². The fourth-order valence-corrected chi connectivity index (χ4v) is 10.1. The number of nitrogens with zero attached hydrogens (tertiary/aromatic N) is 8. The number of alkyl halides is 6. The van der Waals surface area contributed by atoms with Crippen molar-refractivity contribution in [1.82, 2.24) is 38.7 Å². The van der Waals surface area contributed by atoms with E-state index in [2.05, 4.69) is 9.97 Å². The van der Waals surface area contributed by atoms with Gasteiger partial charge in [0, 0.05) is 97.8 Å². The Labute approximate surface area is 631 Å². The highest BCUT2D eigenvalue weighted by molar-refractivity contribution is 7.98. The molecule has 6 aromatic carbocycles. The van der Waals surface area contributed by atoms with Gasteiger partial charge in [-0.15, -0.1) is 0 Å². The molecule has 0 bridgehead atoms. The van der Waals surface area contributed by atoms with Crippen LogP contribution in [0, 0.1) is 25.5 Å². The molecule has 508 valence electrons. The Morgan fingerprint density at radius 2 is 0.906 bits per heavy atom. The third-order valence-electron chi connectivity index (χ3n) is 13.0. The molecule has 2 aliphatic carbocycles. The molecule has 0 aliphatic heterocycles. The molecule has 96 heavy (non-hydrogen) atoms. The summed E-state index contributed by atoms with van der Waals surface area (Å²) >= 11 is 0.294. The number of benzene rings is 6. The van der Waals surface area contributed by atoms with Gasteiger partial charge in [0.15, 0.2) is 10.3 Å². The molecule has 0 atom stereocenters. The van der Waals surface area contributed by atoms with E-state index < -0.39 is 387 Å². The van der Waals surface area contributed by atoms with Crippen LogP contribution in [0.5, 0.6) is 0 Å². The Bertz CT molecular complexity index is 6560. The highest BCUT2D eigenvalue weighted by Gasteiger charge is 2.34. The van der Waals surface area contributed by atoms with Crippen molar-refractivity contribution in [3.05, 3.63) is 232 Å². The number of carbonyl (C=O) groups is 2. The van der Waals surface area contributed by atoms with Gasteiger partial charge < -0.3 is 28.7 Å². The van der Waals surface area contributed by atoms with Gasteiger partial charge in [-0.2, -0.15) is 36.3 Å². The van der Waals surface area contributed by atoms with Gasteiger partial charge in [-0.3, -0.25) is 19.2 Å². The zero-order valence-corrected chi connectivity index (χ0v) is 52.1. The Balaban J connectivity index is 0.000000322. The summed E-state index contributed by atoms with van der Waals surface area (Å²) in [6.45, 7) is -38.3. The summed E-state index contributed by atoms with van der Waals surface area (Å²) in [6, 6.07) is -27.3. The summed E-state index contributed by atoms with van der Waals surface area (Å²) in [5, 5.41) is -2.06. The normalized spacial score (nSPS) is 23.1. The summed E-state index contributed by atoms with van der Waals surface area (Å²) in [5.74, 6) is -9.64. The fourth-order valence-electron chi connectivity index (χ4n) is 8.41. The molecule has 0 unspecified atom stereocenters. The van der Waals surface area contributed by atoms with Crippen molar-refractivity contribution in [2.45, 2.75) is 140 Å². The van der Waals surface area contributed by atoms with Crippen LogP contribution in [-0.4, -0.2) is 102 Å². The number of amides is 2. The number of rotatable bonds is 26. The van der Waals surface area contributed by atoms with E-state index in [-0.39, 0.29) is 56.6 Å². The molecule has 0 fully saturated rings. The number of thioether (sulfide) groups is 2. The number of fused-ring (bicyclic) bond motifs is 2. The van der Waals surface area contributed by atoms with E-state index in [0.717, 1.165) is 6.92 Å². The standard InChI is InChI=1S/2C37H40F4N4O2S/c2*1-4-43(5-2)19-20-44(22-26-9-13-28(14-10-26)29-15-18-32(25(3)21-29)37(39,40)41)34(46)23-45-33-8-6-7-31(33)35(47)42-36(45)48-24-27-11-16-30(38)17-12-27/h2*9-18,21H,4-8,19-20,22-24H2,1-3H3/i4D2,5D2,6D2,7D2,8D2,9D,10D,11D,12D,13D,14D,15D,16D,17D,18D,19D2,20D2,21D,23D2;4D2,5D2,9D,10D,11D,12D,13D,14D,15D,16D,17D,18D,19D2,20D2,21D,23D2. The minimum Gasteiger partial charge on any atom is -0.336 e. The Hall–Kier alpha value is -7.92. The van der Waals surface area contributed by atoms with Gasteiger partial charge in [0.05, 0.1) is 52.2 Å². The first-order valence-corrected chi connectivity index (χ1v) is 29.5. The molecule has 2 aromatic heterocycles. The molecule has 22 heteroatoms. The Kier molecular flexibility index (Phi) is 11.0. The highest BCUT2D eigenvalue weighted by Crippen LogP contribution is 2.37. The minimum atomic E-state index is -5.32. The lowest BCUT2D eigenvalue weighted by molar-refractivity contribution is -0.138. The number of aromatic nitrogens is 4. The van der Waals surface area contributed by atoms with E-state index in [9.17, 15) is 55.7 Å². The first kappa shape index (κ1) is 32.2. The van der Waals surface area contributed by atoms with Gasteiger partial charge in [0.25, 0.3) is 11.1 Å². The molecule has 0 saturated carbocycles. The third kappa shape index (κ3) is 18.8. The average molecular weight is 1410 g/mol. The summed E-state index contributed by atoms with van der Waals surface area (Å²) < 4.78 is 527. The van der Waals surface area contributed by atoms with Crippen LogP contribution < -0.4 is 11.1 Å². The molecule has 10 rings (SSSR count). The van der Waals surface area contributed by atoms with Gasteiger partial charge in [0.1, 0.15) is 24.6 Å². The van der Waals surface area contributed by atoms with Crippen LogP contribution in [0.1, 0.15) is 173 Å². The van der Waals surface area contributed by atoms with Gasteiger partial charge in [-0.05, 0) is 170 Å². The second-order valence-corrected chi connectivity index (χ2v) is 21.2. The monoisotopic (exact) mass is 1410 g/mol. The maximum atomic E-state index is 15.4. The van der Waals surface area contributed by atoms with Crippen LogP contribution in [0.25, 0.3) is 22.3 Å². The number of likely N-dealkylation sites (N-methyl/N-ethyl adjacent to an activating group) is 2. The van der Waals surface area contributed by atoms with Crippen LogP contribution in [0.2, 0.25) is 0 Å². The average Bonchev–Trinajstić information content (AvgIpc) is 1.51. The van der Waals surface area contributed by atoms with Gasteiger partial charge >= 0.3 is 12.4 Å². The van der Waals surface area contributed by atoms with Crippen molar-refractivity contribution in [2.24, 2.45) is 0 Å². The second kappa shape index (κ2) is 32.9. The molecular formula is C74H80F8N8O4S2. The summed E-state index contributed by atoms with van der Waals surface area (Å²) in [7, 11) is 0.